The Kier molecular flexibility index (Phi) is 6.52. The van der Waals surface area contributed by atoms with Crippen LogP contribution in [-0.2, 0) is 19.1 Å². The van der Waals surface area contributed by atoms with Crippen LogP contribution >= 0.6 is 35.0 Å². The summed E-state index contributed by atoms with van der Waals surface area (Å²) >= 11 is 12.7. The summed E-state index contributed by atoms with van der Waals surface area (Å²) in [5, 5.41) is 8.10. The number of esters is 1. The van der Waals surface area contributed by atoms with Crippen LogP contribution in [0.15, 0.2) is 17.0 Å². The molecule has 1 fully saturated rings. The molecule has 1 aliphatic rings. The van der Waals surface area contributed by atoms with Gasteiger partial charge in [0.25, 0.3) is 11.1 Å². The van der Waals surface area contributed by atoms with Gasteiger partial charge in [-0.05, 0) is 35.5 Å². The van der Waals surface area contributed by atoms with Crippen molar-refractivity contribution >= 4 is 64.1 Å². The zero-order valence-corrected chi connectivity index (χ0v) is 15.5. The normalized spacial score (nSPS) is 15.5. The fraction of sp³-hybridized carbons (Fsp3) is 0.200. The maximum Gasteiger partial charge on any atom is 0.341 e. The first-order chi connectivity index (χ1) is 12.2. The number of thioether (sulfide) groups is 1. The smallest absolute Gasteiger partial charge is 0.341 e. The molecule has 0 saturated carbocycles. The molecule has 2 rings (SSSR count). The maximum absolute atomic E-state index is 12.2. The fourth-order valence-corrected chi connectivity index (χ4v) is 3.37. The molecular formula is C15H11Cl2NO7S. The van der Waals surface area contributed by atoms with Crippen molar-refractivity contribution in [3.05, 3.63) is 32.6 Å². The number of carbonyl (C=O) groups excluding carboxylic acids is 3. The Hall–Kier alpha value is -2.23. The van der Waals surface area contributed by atoms with Crippen LogP contribution in [0.5, 0.6) is 5.75 Å². The molecule has 1 heterocycles. The van der Waals surface area contributed by atoms with E-state index < -0.39 is 36.2 Å². The second-order valence-electron chi connectivity index (χ2n) is 4.84. The number of halogens is 2. The highest BCUT2D eigenvalue weighted by molar-refractivity contribution is 8.18. The third kappa shape index (κ3) is 4.69. The van der Waals surface area contributed by atoms with E-state index in [1.54, 1.807) is 0 Å². The van der Waals surface area contributed by atoms with Gasteiger partial charge in [-0.2, -0.15) is 0 Å². The molecule has 8 nitrogen and oxygen atoms in total. The number of amides is 2. The first kappa shape index (κ1) is 20.1. The Morgan fingerprint density at radius 1 is 1.27 bits per heavy atom. The van der Waals surface area contributed by atoms with Crippen molar-refractivity contribution in [1.82, 2.24) is 4.90 Å². The lowest BCUT2D eigenvalue weighted by Crippen LogP contribution is -2.34. The minimum atomic E-state index is -1.19. The Morgan fingerprint density at radius 2 is 1.88 bits per heavy atom. The Morgan fingerprint density at radius 3 is 2.42 bits per heavy atom. The van der Waals surface area contributed by atoms with Crippen LogP contribution in [0.2, 0.25) is 10.0 Å². The summed E-state index contributed by atoms with van der Waals surface area (Å²) in [7, 11) is 1.15. The first-order valence-electron chi connectivity index (χ1n) is 6.88. The summed E-state index contributed by atoms with van der Waals surface area (Å²) in [5.74, 6) is -2.57. The molecule has 2 amide bonds. The number of benzene rings is 1. The number of carboxylic acid groups (broad SMARTS) is 1. The summed E-state index contributed by atoms with van der Waals surface area (Å²) in [6.07, 6.45) is 1.38. The van der Waals surface area contributed by atoms with E-state index in [1.165, 1.54) is 18.2 Å². The number of hydrogen-bond acceptors (Lipinski definition) is 7. The van der Waals surface area contributed by atoms with Gasteiger partial charge in [0, 0.05) is 0 Å². The van der Waals surface area contributed by atoms with E-state index in [0.717, 1.165) is 12.0 Å². The van der Waals surface area contributed by atoms with Gasteiger partial charge in [0.1, 0.15) is 6.54 Å². The number of nitrogens with zero attached hydrogens (tertiary/aromatic N) is 1. The molecule has 0 spiro atoms. The van der Waals surface area contributed by atoms with Crippen LogP contribution in [0, 0.1) is 0 Å². The predicted octanol–water partition coefficient (Wildman–Crippen LogP) is 2.67. The van der Waals surface area contributed by atoms with Crippen LogP contribution in [-0.4, -0.2) is 53.4 Å². The molecule has 1 saturated heterocycles. The van der Waals surface area contributed by atoms with E-state index >= 15 is 0 Å². The average molecular weight is 420 g/mol. The fourth-order valence-electron chi connectivity index (χ4n) is 1.92. The van der Waals surface area contributed by atoms with Crippen molar-refractivity contribution in [3.8, 4) is 5.75 Å². The predicted molar refractivity (Wildman–Crippen MR) is 94.3 cm³/mol. The molecule has 0 aromatic heterocycles. The Balaban J connectivity index is 2.24. The second kappa shape index (κ2) is 8.43. The van der Waals surface area contributed by atoms with Gasteiger partial charge in [-0.25, -0.2) is 4.79 Å². The topological polar surface area (TPSA) is 110 Å². The summed E-state index contributed by atoms with van der Waals surface area (Å²) in [4.78, 5) is 46.8. The number of methoxy groups -OCH3 is 1. The van der Waals surface area contributed by atoms with Crippen LogP contribution in [0.1, 0.15) is 5.56 Å². The molecular weight excluding hydrogens is 409 g/mol. The van der Waals surface area contributed by atoms with E-state index in [-0.39, 0.29) is 20.7 Å². The summed E-state index contributed by atoms with van der Waals surface area (Å²) in [6, 6.07) is 2.80. The van der Waals surface area contributed by atoms with Gasteiger partial charge in [-0.3, -0.25) is 19.3 Å². The number of hydrogen-bond donors (Lipinski definition) is 1. The lowest BCUT2D eigenvalue weighted by Gasteiger charge is -2.10. The van der Waals surface area contributed by atoms with Crippen molar-refractivity contribution in [1.29, 1.82) is 0 Å². The third-order valence-electron chi connectivity index (χ3n) is 3.05. The van der Waals surface area contributed by atoms with Gasteiger partial charge < -0.3 is 14.6 Å². The number of rotatable bonds is 6. The standard InChI is InChI=1S/C15H11Cl2NO7S/c1-24-12(21)5-18-14(22)10(26-15(18)23)4-7-2-8(16)13(9(17)3-7)25-6-11(19)20/h2-4H,5-6H2,1H3,(H,19,20). The van der Waals surface area contributed by atoms with Crippen LogP contribution in [0.4, 0.5) is 4.79 Å². The zero-order valence-electron chi connectivity index (χ0n) is 13.2. The molecule has 0 unspecified atom stereocenters. The highest BCUT2D eigenvalue weighted by Gasteiger charge is 2.36. The largest absolute Gasteiger partial charge is 0.479 e. The van der Waals surface area contributed by atoms with Crippen molar-refractivity contribution in [2.75, 3.05) is 20.3 Å². The second-order valence-corrected chi connectivity index (χ2v) is 6.65. The number of aliphatic carboxylic acids is 1. The zero-order chi connectivity index (χ0) is 19.4. The van der Waals surface area contributed by atoms with Crippen molar-refractivity contribution in [2.45, 2.75) is 0 Å². The van der Waals surface area contributed by atoms with Gasteiger partial charge in [0.15, 0.2) is 12.4 Å². The number of ether oxygens (including phenoxy) is 2. The Labute approximate surface area is 161 Å². The number of carboxylic acids is 1. The minimum absolute atomic E-state index is 0.00770. The lowest BCUT2D eigenvalue weighted by atomic mass is 10.2. The Bertz CT molecular complexity index is 801. The van der Waals surface area contributed by atoms with Gasteiger partial charge in [0.05, 0.1) is 22.1 Å². The third-order valence-corrected chi connectivity index (χ3v) is 4.52. The highest BCUT2D eigenvalue weighted by Crippen LogP contribution is 2.37. The van der Waals surface area contributed by atoms with Gasteiger partial charge >= 0.3 is 11.9 Å². The van der Waals surface area contributed by atoms with E-state index in [4.69, 9.17) is 33.0 Å². The van der Waals surface area contributed by atoms with Crippen molar-refractivity contribution < 1.29 is 33.8 Å². The molecule has 26 heavy (non-hydrogen) atoms. The minimum Gasteiger partial charge on any atom is -0.479 e. The summed E-state index contributed by atoms with van der Waals surface area (Å²) < 4.78 is 9.44. The van der Waals surface area contributed by atoms with Crippen molar-refractivity contribution in [2.24, 2.45) is 0 Å². The van der Waals surface area contributed by atoms with E-state index in [1.807, 2.05) is 0 Å². The van der Waals surface area contributed by atoms with Gasteiger partial charge in [0.2, 0.25) is 0 Å². The van der Waals surface area contributed by atoms with Crippen LogP contribution in [0.25, 0.3) is 6.08 Å². The maximum atomic E-state index is 12.2. The van der Waals surface area contributed by atoms with Crippen LogP contribution < -0.4 is 4.74 Å². The van der Waals surface area contributed by atoms with E-state index in [2.05, 4.69) is 4.74 Å². The molecule has 0 radical (unpaired) electrons. The van der Waals surface area contributed by atoms with Gasteiger partial charge in [-0.1, -0.05) is 23.2 Å². The lowest BCUT2D eigenvalue weighted by molar-refractivity contribution is -0.143. The summed E-state index contributed by atoms with van der Waals surface area (Å²) in [6.45, 7) is -1.10. The quantitative estimate of drug-likeness (QED) is 0.553. The first-order valence-corrected chi connectivity index (χ1v) is 8.46. The molecule has 1 aliphatic heterocycles. The molecule has 1 N–H and O–H groups in total. The van der Waals surface area contributed by atoms with Crippen LogP contribution in [0.3, 0.4) is 0 Å². The molecule has 1 aromatic carbocycles. The number of imide groups is 1. The molecule has 0 aliphatic carbocycles. The highest BCUT2D eigenvalue weighted by atomic mass is 35.5. The monoisotopic (exact) mass is 419 g/mol. The summed E-state index contributed by atoms with van der Waals surface area (Å²) in [5.41, 5.74) is 0.395. The molecule has 11 heteroatoms. The van der Waals surface area contributed by atoms with Gasteiger partial charge in [-0.15, -0.1) is 0 Å². The molecule has 0 atom stereocenters. The SMILES string of the molecule is COC(=O)CN1C(=O)SC(=Cc2cc(Cl)c(OCC(=O)O)c(Cl)c2)C1=O. The molecule has 138 valence electrons. The molecule has 1 aromatic rings. The van der Waals surface area contributed by atoms with E-state index in [0.29, 0.717) is 17.3 Å². The number of carbonyl (C=O) groups is 4. The van der Waals surface area contributed by atoms with Crippen molar-refractivity contribution in [3.63, 3.8) is 0 Å². The van der Waals surface area contributed by atoms with E-state index in [9.17, 15) is 19.2 Å². The molecule has 0 bridgehead atoms. The average Bonchev–Trinajstić information content (AvgIpc) is 2.81.